The molecule has 3 aromatic rings. The largest absolute Gasteiger partial charge is 0.508 e. The number of rotatable bonds is 2. The van der Waals surface area contributed by atoms with Crippen LogP contribution in [-0.4, -0.2) is 21.8 Å². The second-order valence-corrected chi connectivity index (χ2v) is 4.17. The van der Waals surface area contributed by atoms with Crippen molar-refractivity contribution in [3.05, 3.63) is 52.9 Å². The minimum atomic E-state index is -0.256. The van der Waals surface area contributed by atoms with Crippen molar-refractivity contribution in [1.82, 2.24) is 9.55 Å². The number of methoxy groups -OCH3 is 1. The van der Waals surface area contributed by atoms with Gasteiger partial charge in [-0.2, -0.15) is 0 Å². The zero-order valence-electron chi connectivity index (χ0n) is 10.3. The summed E-state index contributed by atoms with van der Waals surface area (Å²) in [5, 5.41) is 9.56. The standard InChI is InChI=1S/C14H12N2O3/c1-19-11-4-2-3-9(7-11)16-13-8-10(17)5-6-12(13)15-14(16)18/h2-8,17H,1H3,(H,15,18). The van der Waals surface area contributed by atoms with Gasteiger partial charge in [0.1, 0.15) is 11.5 Å². The van der Waals surface area contributed by atoms with Crippen LogP contribution in [0.25, 0.3) is 16.7 Å². The Hall–Kier alpha value is -2.69. The first-order valence-electron chi connectivity index (χ1n) is 5.77. The van der Waals surface area contributed by atoms with E-state index in [-0.39, 0.29) is 11.4 Å². The van der Waals surface area contributed by atoms with E-state index in [0.29, 0.717) is 22.5 Å². The van der Waals surface area contributed by atoms with Gasteiger partial charge in [-0.3, -0.25) is 4.57 Å². The molecule has 0 unspecified atom stereocenters. The summed E-state index contributed by atoms with van der Waals surface area (Å²) >= 11 is 0. The Morgan fingerprint density at radius 2 is 2.05 bits per heavy atom. The molecule has 2 aromatic carbocycles. The molecule has 2 N–H and O–H groups in total. The molecule has 19 heavy (non-hydrogen) atoms. The maximum absolute atomic E-state index is 12.0. The fourth-order valence-electron chi connectivity index (χ4n) is 2.10. The predicted molar refractivity (Wildman–Crippen MR) is 72.1 cm³/mol. The smallest absolute Gasteiger partial charge is 0.331 e. The molecule has 5 nitrogen and oxygen atoms in total. The van der Waals surface area contributed by atoms with E-state index in [1.54, 1.807) is 37.4 Å². The summed E-state index contributed by atoms with van der Waals surface area (Å²) in [6, 6.07) is 11.9. The number of imidazole rings is 1. The molecule has 0 atom stereocenters. The van der Waals surface area contributed by atoms with Crippen molar-refractivity contribution in [3.63, 3.8) is 0 Å². The number of H-pyrrole nitrogens is 1. The highest BCUT2D eigenvalue weighted by molar-refractivity contribution is 5.78. The quantitative estimate of drug-likeness (QED) is 0.737. The average Bonchev–Trinajstić information content (AvgIpc) is 2.74. The lowest BCUT2D eigenvalue weighted by Gasteiger charge is -2.06. The topological polar surface area (TPSA) is 67.2 Å². The summed E-state index contributed by atoms with van der Waals surface area (Å²) in [5.74, 6) is 0.780. The van der Waals surface area contributed by atoms with Crippen molar-refractivity contribution in [2.75, 3.05) is 7.11 Å². The highest BCUT2D eigenvalue weighted by Gasteiger charge is 2.09. The van der Waals surface area contributed by atoms with Crippen LogP contribution in [0.5, 0.6) is 11.5 Å². The van der Waals surface area contributed by atoms with Crippen molar-refractivity contribution in [2.24, 2.45) is 0 Å². The lowest BCUT2D eigenvalue weighted by Crippen LogP contribution is -2.14. The molecule has 1 aromatic heterocycles. The molecular weight excluding hydrogens is 244 g/mol. The van der Waals surface area contributed by atoms with E-state index in [1.165, 1.54) is 10.6 Å². The van der Waals surface area contributed by atoms with Gasteiger partial charge >= 0.3 is 5.69 Å². The van der Waals surface area contributed by atoms with Crippen LogP contribution in [0, 0.1) is 0 Å². The third-order valence-corrected chi connectivity index (χ3v) is 2.98. The van der Waals surface area contributed by atoms with Gasteiger partial charge in [0, 0.05) is 12.1 Å². The normalized spacial score (nSPS) is 10.8. The number of phenolic OH excluding ortho intramolecular Hbond substituents is 1. The van der Waals surface area contributed by atoms with E-state index < -0.39 is 0 Å². The Morgan fingerprint density at radius 1 is 1.21 bits per heavy atom. The van der Waals surface area contributed by atoms with E-state index in [9.17, 15) is 9.90 Å². The van der Waals surface area contributed by atoms with Gasteiger partial charge in [-0.15, -0.1) is 0 Å². The molecule has 5 heteroatoms. The van der Waals surface area contributed by atoms with Crippen LogP contribution in [-0.2, 0) is 0 Å². The van der Waals surface area contributed by atoms with Crippen LogP contribution in [0.2, 0.25) is 0 Å². The Labute approximate surface area is 108 Å². The first kappa shape index (κ1) is 11.4. The van der Waals surface area contributed by atoms with Gasteiger partial charge < -0.3 is 14.8 Å². The molecule has 0 aliphatic carbocycles. The van der Waals surface area contributed by atoms with Crippen molar-refractivity contribution in [1.29, 1.82) is 0 Å². The summed E-state index contributed by atoms with van der Waals surface area (Å²) in [6.07, 6.45) is 0. The van der Waals surface area contributed by atoms with Crippen LogP contribution in [0.4, 0.5) is 0 Å². The fraction of sp³-hybridized carbons (Fsp3) is 0.0714. The van der Waals surface area contributed by atoms with Gasteiger partial charge in [0.15, 0.2) is 0 Å². The lowest BCUT2D eigenvalue weighted by molar-refractivity contribution is 0.414. The molecule has 0 saturated carbocycles. The summed E-state index contributed by atoms with van der Waals surface area (Å²) in [7, 11) is 1.57. The number of aromatic amines is 1. The number of nitrogens with zero attached hydrogens (tertiary/aromatic N) is 1. The van der Waals surface area contributed by atoms with Gasteiger partial charge in [-0.25, -0.2) is 4.79 Å². The van der Waals surface area contributed by atoms with Gasteiger partial charge in [0.2, 0.25) is 0 Å². The fourth-order valence-corrected chi connectivity index (χ4v) is 2.10. The second-order valence-electron chi connectivity index (χ2n) is 4.17. The maximum Gasteiger partial charge on any atom is 0.331 e. The Morgan fingerprint density at radius 3 is 2.84 bits per heavy atom. The molecule has 0 bridgehead atoms. The number of hydrogen-bond acceptors (Lipinski definition) is 3. The summed E-state index contributed by atoms with van der Waals surface area (Å²) in [5.41, 5.74) is 1.72. The summed E-state index contributed by atoms with van der Waals surface area (Å²) in [4.78, 5) is 14.8. The minimum Gasteiger partial charge on any atom is -0.508 e. The second kappa shape index (κ2) is 4.20. The molecule has 1 heterocycles. The van der Waals surface area contributed by atoms with E-state index in [1.807, 2.05) is 6.07 Å². The van der Waals surface area contributed by atoms with Crippen molar-refractivity contribution < 1.29 is 9.84 Å². The number of ether oxygens (including phenoxy) is 1. The SMILES string of the molecule is COc1cccc(-n2c(=O)[nH]c3ccc(O)cc32)c1. The maximum atomic E-state index is 12.0. The summed E-state index contributed by atoms with van der Waals surface area (Å²) < 4.78 is 6.65. The molecule has 0 aliphatic heterocycles. The van der Waals surface area contributed by atoms with E-state index in [4.69, 9.17) is 4.74 Å². The molecule has 0 aliphatic rings. The third kappa shape index (κ3) is 1.85. The number of aromatic hydroxyl groups is 1. The molecule has 96 valence electrons. The zero-order chi connectivity index (χ0) is 13.4. The van der Waals surface area contributed by atoms with Gasteiger partial charge in [-0.05, 0) is 24.3 Å². The number of hydrogen-bond donors (Lipinski definition) is 2. The number of aromatic nitrogens is 2. The van der Waals surface area contributed by atoms with E-state index in [0.717, 1.165) is 0 Å². The molecule has 0 fully saturated rings. The average molecular weight is 256 g/mol. The monoisotopic (exact) mass is 256 g/mol. The Bertz CT molecular complexity index is 802. The highest BCUT2D eigenvalue weighted by Crippen LogP contribution is 2.22. The van der Waals surface area contributed by atoms with Crippen LogP contribution < -0.4 is 10.4 Å². The van der Waals surface area contributed by atoms with Crippen molar-refractivity contribution >= 4 is 11.0 Å². The Kier molecular flexibility index (Phi) is 2.52. The van der Waals surface area contributed by atoms with Crippen LogP contribution >= 0.6 is 0 Å². The first-order valence-corrected chi connectivity index (χ1v) is 5.77. The molecular formula is C14H12N2O3. The van der Waals surface area contributed by atoms with Crippen molar-refractivity contribution in [2.45, 2.75) is 0 Å². The van der Waals surface area contributed by atoms with Crippen LogP contribution in [0.1, 0.15) is 0 Å². The first-order chi connectivity index (χ1) is 9.19. The molecule has 3 rings (SSSR count). The predicted octanol–water partition coefficient (Wildman–Crippen LogP) is 2.03. The molecule has 0 spiro atoms. The number of fused-ring (bicyclic) bond motifs is 1. The molecule has 0 saturated heterocycles. The number of benzene rings is 2. The number of phenols is 1. The highest BCUT2D eigenvalue weighted by atomic mass is 16.5. The lowest BCUT2D eigenvalue weighted by atomic mass is 10.2. The summed E-state index contributed by atoms with van der Waals surface area (Å²) in [6.45, 7) is 0. The van der Waals surface area contributed by atoms with Gasteiger partial charge in [0.05, 0.1) is 23.8 Å². The minimum absolute atomic E-state index is 0.114. The Balaban J connectivity index is 2.32. The van der Waals surface area contributed by atoms with E-state index in [2.05, 4.69) is 4.98 Å². The van der Waals surface area contributed by atoms with Gasteiger partial charge in [0.25, 0.3) is 0 Å². The van der Waals surface area contributed by atoms with Crippen molar-refractivity contribution in [3.8, 4) is 17.2 Å². The molecule has 0 amide bonds. The zero-order valence-corrected chi connectivity index (χ0v) is 10.3. The van der Waals surface area contributed by atoms with Crippen LogP contribution in [0.15, 0.2) is 47.3 Å². The van der Waals surface area contributed by atoms with E-state index >= 15 is 0 Å². The third-order valence-electron chi connectivity index (χ3n) is 2.98. The number of nitrogens with one attached hydrogen (secondary N) is 1. The van der Waals surface area contributed by atoms with Crippen LogP contribution in [0.3, 0.4) is 0 Å². The van der Waals surface area contributed by atoms with Gasteiger partial charge in [-0.1, -0.05) is 6.07 Å². The molecule has 0 radical (unpaired) electrons.